The van der Waals surface area contributed by atoms with Gasteiger partial charge in [0.15, 0.2) is 0 Å². The second kappa shape index (κ2) is 7.66. The van der Waals surface area contributed by atoms with E-state index in [2.05, 4.69) is 5.32 Å². The molecule has 0 aliphatic heterocycles. The number of carbonyl (C=O) groups excluding carboxylic acids is 2. The molecule has 26 heavy (non-hydrogen) atoms. The molecule has 0 unspecified atom stereocenters. The number of rotatable bonds is 6. The van der Waals surface area contributed by atoms with Gasteiger partial charge >= 0.3 is 5.97 Å². The van der Waals surface area contributed by atoms with E-state index in [-0.39, 0.29) is 34.0 Å². The lowest BCUT2D eigenvalue weighted by molar-refractivity contribution is -0.130. The highest BCUT2D eigenvalue weighted by Gasteiger charge is 2.31. The average molecular weight is 375 g/mol. The Hall–Kier alpha value is -2.73. The van der Waals surface area contributed by atoms with Gasteiger partial charge in [-0.15, -0.1) is 0 Å². The zero-order valence-corrected chi connectivity index (χ0v) is 15.0. The first-order valence-electron chi connectivity index (χ1n) is 8.19. The summed E-state index contributed by atoms with van der Waals surface area (Å²) >= 11 is 6.01. The van der Waals surface area contributed by atoms with Crippen LogP contribution in [-0.4, -0.2) is 25.0 Å². The van der Waals surface area contributed by atoms with Gasteiger partial charge in [0.2, 0.25) is 6.10 Å². The molecule has 1 atom stereocenters. The third-order valence-corrected chi connectivity index (χ3v) is 4.36. The summed E-state index contributed by atoms with van der Waals surface area (Å²) in [6, 6.07) is 11.8. The van der Waals surface area contributed by atoms with E-state index in [0.29, 0.717) is 5.56 Å². The fraction of sp³-hybridized carbons (Fsp3) is 0.263. The first-order chi connectivity index (χ1) is 12.5. The Morgan fingerprint density at radius 2 is 1.92 bits per heavy atom. The summed E-state index contributed by atoms with van der Waals surface area (Å²) in [6.07, 6.45) is 0.802. The summed E-state index contributed by atoms with van der Waals surface area (Å²) in [5, 5.41) is 3.07. The molecule has 0 spiro atoms. The van der Waals surface area contributed by atoms with Gasteiger partial charge in [-0.3, -0.25) is 4.79 Å². The zero-order chi connectivity index (χ0) is 18.7. The number of esters is 1. The number of carbonyl (C=O) groups is 2. The van der Waals surface area contributed by atoms with Crippen LogP contribution in [0.15, 0.2) is 42.5 Å². The van der Waals surface area contributed by atoms with Crippen molar-refractivity contribution in [3.63, 3.8) is 0 Å². The maximum Gasteiger partial charge on any atom is 0.343 e. The van der Waals surface area contributed by atoms with E-state index in [4.69, 9.17) is 26.8 Å². The molecule has 1 aliphatic carbocycles. The van der Waals surface area contributed by atoms with Crippen LogP contribution < -0.4 is 15.8 Å². The lowest BCUT2D eigenvalue weighted by Gasteiger charge is -2.19. The number of hydrogen-bond donors (Lipinski definition) is 2. The summed E-state index contributed by atoms with van der Waals surface area (Å²) in [6.45, 7) is 0. The summed E-state index contributed by atoms with van der Waals surface area (Å²) in [4.78, 5) is 25.3. The van der Waals surface area contributed by atoms with E-state index in [1.54, 1.807) is 24.3 Å². The van der Waals surface area contributed by atoms with E-state index in [9.17, 15) is 9.59 Å². The molecule has 136 valence electrons. The summed E-state index contributed by atoms with van der Waals surface area (Å²) in [5.41, 5.74) is 6.71. The van der Waals surface area contributed by atoms with Gasteiger partial charge in [-0.2, -0.15) is 0 Å². The maximum atomic E-state index is 12.7. The van der Waals surface area contributed by atoms with Crippen LogP contribution in [0.2, 0.25) is 5.02 Å². The SMILES string of the molecule is COc1cc(N)c(Cl)cc1C(=O)O[C@H](C(=O)NC1CC1)c1ccccc1. The Kier molecular flexibility index (Phi) is 5.32. The van der Waals surface area contributed by atoms with Crippen LogP contribution in [0.3, 0.4) is 0 Å². The summed E-state index contributed by atoms with van der Waals surface area (Å²) in [5.74, 6) is -0.845. The molecular weight excluding hydrogens is 356 g/mol. The zero-order valence-electron chi connectivity index (χ0n) is 14.2. The van der Waals surface area contributed by atoms with Gasteiger partial charge in [0.25, 0.3) is 5.91 Å². The van der Waals surface area contributed by atoms with Crippen LogP contribution in [0.5, 0.6) is 5.75 Å². The first kappa shape index (κ1) is 18.1. The van der Waals surface area contributed by atoms with Gasteiger partial charge < -0.3 is 20.5 Å². The van der Waals surface area contributed by atoms with Gasteiger partial charge in [-0.1, -0.05) is 41.9 Å². The average Bonchev–Trinajstić information content (AvgIpc) is 3.45. The molecule has 3 N–H and O–H groups in total. The van der Waals surface area contributed by atoms with Crippen LogP contribution in [0, 0.1) is 0 Å². The molecule has 2 aromatic rings. The molecule has 0 saturated heterocycles. The van der Waals surface area contributed by atoms with Crippen LogP contribution in [0.4, 0.5) is 5.69 Å². The second-order valence-corrected chi connectivity index (χ2v) is 6.46. The number of benzene rings is 2. The van der Waals surface area contributed by atoms with Gasteiger partial charge in [0, 0.05) is 17.7 Å². The topological polar surface area (TPSA) is 90.7 Å². The van der Waals surface area contributed by atoms with Gasteiger partial charge in [-0.05, 0) is 18.9 Å². The van der Waals surface area contributed by atoms with E-state index in [0.717, 1.165) is 12.8 Å². The van der Waals surface area contributed by atoms with Crippen LogP contribution in [0.25, 0.3) is 0 Å². The van der Waals surface area contributed by atoms with Crippen molar-refractivity contribution in [1.82, 2.24) is 5.32 Å². The fourth-order valence-corrected chi connectivity index (χ4v) is 2.64. The smallest absolute Gasteiger partial charge is 0.343 e. The lowest BCUT2D eigenvalue weighted by Crippen LogP contribution is -2.33. The van der Waals surface area contributed by atoms with Crippen molar-refractivity contribution in [2.45, 2.75) is 25.0 Å². The van der Waals surface area contributed by atoms with E-state index in [1.165, 1.54) is 19.2 Å². The number of amides is 1. The monoisotopic (exact) mass is 374 g/mol. The number of ether oxygens (including phenoxy) is 2. The molecule has 1 fully saturated rings. The number of hydrogen-bond acceptors (Lipinski definition) is 5. The van der Waals surface area contributed by atoms with Crippen molar-refractivity contribution >= 4 is 29.2 Å². The number of halogens is 1. The van der Waals surface area contributed by atoms with Crippen LogP contribution >= 0.6 is 11.6 Å². The number of nitrogens with two attached hydrogens (primary N) is 1. The predicted molar refractivity (Wildman–Crippen MR) is 98.2 cm³/mol. The van der Waals surface area contributed by atoms with E-state index in [1.807, 2.05) is 6.07 Å². The van der Waals surface area contributed by atoms with E-state index >= 15 is 0 Å². The standard InChI is InChI=1S/C19H19ClN2O4/c1-25-16-10-15(21)14(20)9-13(16)19(24)26-17(11-5-3-2-4-6-11)18(23)22-12-7-8-12/h2-6,9-10,12,17H,7-8,21H2,1H3,(H,22,23)/t17-/m0/s1. The predicted octanol–water partition coefficient (Wildman–Crippen LogP) is 3.11. The van der Waals surface area contributed by atoms with Crippen molar-refractivity contribution < 1.29 is 19.1 Å². The molecule has 7 heteroatoms. The Bertz CT molecular complexity index is 822. The summed E-state index contributed by atoms with van der Waals surface area (Å²) in [7, 11) is 1.41. The highest BCUT2D eigenvalue weighted by molar-refractivity contribution is 6.33. The molecule has 0 heterocycles. The third kappa shape index (κ3) is 4.08. The van der Waals surface area contributed by atoms with Crippen molar-refractivity contribution in [1.29, 1.82) is 0 Å². The number of anilines is 1. The normalized spacial score (nSPS) is 14.4. The van der Waals surface area contributed by atoms with Crippen molar-refractivity contribution in [2.24, 2.45) is 0 Å². The van der Waals surface area contributed by atoms with Gasteiger partial charge in [0.05, 0.1) is 17.8 Å². The van der Waals surface area contributed by atoms with E-state index < -0.39 is 12.1 Å². The van der Waals surface area contributed by atoms with Gasteiger partial charge in [0.1, 0.15) is 11.3 Å². The van der Waals surface area contributed by atoms with Crippen LogP contribution in [-0.2, 0) is 9.53 Å². The number of methoxy groups -OCH3 is 1. The Morgan fingerprint density at radius 1 is 1.23 bits per heavy atom. The quantitative estimate of drug-likeness (QED) is 0.599. The minimum Gasteiger partial charge on any atom is -0.496 e. The Morgan fingerprint density at radius 3 is 2.54 bits per heavy atom. The number of nitrogens with one attached hydrogen (secondary N) is 1. The first-order valence-corrected chi connectivity index (χ1v) is 8.56. The molecular formula is C19H19ClN2O4. The Labute approximate surface area is 156 Å². The van der Waals surface area contributed by atoms with Crippen LogP contribution in [0.1, 0.15) is 34.9 Å². The minimum atomic E-state index is -1.06. The molecule has 6 nitrogen and oxygen atoms in total. The third-order valence-electron chi connectivity index (χ3n) is 4.03. The highest BCUT2D eigenvalue weighted by atomic mass is 35.5. The molecule has 0 aromatic heterocycles. The fourth-order valence-electron chi connectivity index (χ4n) is 2.47. The largest absolute Gasteiger partial charge is 0.496 e. The number of nitrogen functional groups attached to an aromatic ring is 1. The van der Waals surface area contributed by atoms with Crippen molar-refractivity contribution in [3.8, 4) is 5.75 Å². The maximum absolute atomic E-state index is 12.7. The molecule has 1 aliphatic rings. The molecule has 3 rings (SSSR count). The molecule has 0 radical (unpaired) electrons. The summed E-state index contributed by atoms with van der Waals surface area (Å²) < 4.78 is 10.7. The molecule has 1 saturated carbocycles. The highest BCUT2D eigenvalue weighted by Crippen LogP contribution is 2.31. The second-order valence-electron chi connectivity index (χ2n) is 6.05. The van der Waals surface area contributed by atoms with Crippen molar-refractivity contribution in [3.05, 3.63) is 58.6 Å². The minimum absolute atomic E-state index is 0.104. The lowest BCUT2D eigenvalue weighted by atomic mass is 10.1. The molecule has 2 aromatic carbocycles. The Balaban J connectivity index is 1.87. The van der Waals surface area contributed by atoms with Gasteiger partial charge in [-0.25, -0.2) is 4.79 Å². The molecule has 1 amide bonds. The molecule has 0 bridgehead atoms. The van der Waals surface area contributed by atoms with Crippen molar-refractivity contribution in [2.75, 3.05) is 12.8 Å².